The molecule has 1 aromatic carbocycles. The third-order valence-corrected chi connectivity index (χ3v) is 4.02. The average molecular weight is 314 g/mol. The number of amides is 1. The lowest BCUT2D eigenvalue weighted by molar-refractivity contribution is -0.137. The molecule has 0 saturated carbocycles. The number of hydrogen-bond acceptors (Lipinski definition) is 2. The van der Waals surface area contributed by atoms with E-state index < -0.39 is 11.7 Å². The van der Waals surface area contributed by atoms with Crippen LogP contribution in [0.25, 0.3) is 0 Å². The van der Waals surface area contributed by atoms with Gasteiger partial charge in [-0.2, -0.15) is 13.2 Å². The van der Waals surface area contributed by atoms with Crippen molar-refractivity contribution < 1.29 is 18.0 Å². The van der Waals surface area contributed by atoms with Crippen molar-refractivity contribution in [3.63, 3.8) is 0 Å². The van der Waals surface area contributed by atoms with Gasteiger partial charge in [0.2, 0.25) is 5.91 Å². The van der Waals surface area contributed by atoms with Crippen molar-refractivity contribution >= 4 is 5.91 Å². The van der Waals surface area contributed by atoms with Gasteiger partial charge in [0.05, 0.1) is 11.5 Å². The molecule has 122 valence electrons. The van der Waals surface area contributed by atoms with Gasteiger partial charge in [-0.15, -0.1) is 0 Å². The topological polar surface area (TPSA) is 41.1 Å². The molecule has 3 nitrogen and oxygen atoms in total. The molecule has 0 bridgehead atoms. The molecule has 2 rings (SSSR count). The Morgan fingerprint density at radius 3 is 2.82 bits per heavy atom. The summed E-state index contributed by atoms with van der Waals surface area (Å²) in [6.07, 6.45) is -2.47. The quantitative estimate of drug-likeness (QED) is 0.821. The maximum atomic E-state index is 12.8. The van der Waals surface area contributed by atoms with E-state index in [-0.39, 0.29) is 17.7 Å². The van der Waals surface area contributed by atoms with Crippen LogP contribution in [0.15, 0.2) is 24.3 Å². The molecule has 2 unspecified atom stereocenters. The standard InChI is InChI=1S/C16H21F3N2O/c1-2-3-7-21-15(22)14-10-20-9-13(14)11-5-4-6-12(8-11)16(17,18)19/h4-6,8,13-14,20H,2-3,7,9-10H2,1H3,(H,21,22). The fourth-order valence-corrected chi connectivity index (χ4v) is 2.77. The summed E-state index contributed by atoms with van der Waals surface area (Å²) in [4.78, 5) is 12.2. The molecule has 0 aliphatic carbocycles. The van der Waals surface area contributed by atoms with E-state index in [0.29, 0.717) is 25.2 Å². The largest absolute Gasteiger partial charge is 0.416 e. The van der Waals surface area contributed by atoms with Gasteiger partial charge in [0, 0.05) is 25.6 Å². The van der Waals surface area contributed by atoms with E-state index in [2.05, 4.69) is 10.6 Å². The van der Waals surface area contributed by atoms with Crippen LogP contribution in [-0.4, -0.2) is 25.5 Å². The highest BCUT2D eigenvalue weighted by atomic mass is 19.4. The molecule has 1 saturated heterocycles. The lowest BCUT2D eigenvalue weighted by Gasteiger charge is -2.19. The van der Waals surface area contributed by atoms with Crippen LogP contribution in [-0.2, 0) is 11.0 Å². The van der Waals surface area contributed by atoms with E-state index in [1.165, 1.54) is 6.07 Å². The van der Waals surface area contributed by atoms with Crippen LogP contribution < -0.4 is 10.6 Å². The van der Waals surface area contributed by atoms with Gasteiger partial charge in [0.25, 0.3) is 0 Å². The Hall–Kier alpha value is -1.56. The number of nitrogens with one attached hydrogen (secondary N) is 2. The number of carbonyl (C=O) groups is 1. The number of rotatable bonds is 5. The molecule has 1 aliphatic heterocycles. The van der Waals surface area contributed by atoms with E-state index in [4.69, 9.17) is 0 Å². The first-order chi connectivity index (χ1) is 10.4. The zero-order valence-electron chi connectivity index (χ0n) is 12.5. The summed E-state index contributed by atoms with van der Waals surface area (Å²) in [6.45, 7) is 3.67. The monoisotopic (exact) mass is 314 g/mol. The molecular weight excluding hydrogens is 293 g/mol. The molecular formula is C16H21F3N2O. The molecule has 2 atom stereocenters. The summed E-state index contributed by atoms with van der Waals surface area (Å²) in [5.74, 6) is -0.620. The summed E-state index contributed by atoms with van der Waals surface area (Å²) < 4.78 is 38.5. The van der Waals surface area contributed by atoms with Crippen LogP contribution in [0.3, 0.4) is 0 Å². The Balaban J connectivity index is 2.12. The fraction of sp³-hybridized carbons (Fsp3) is 0.562. The molecule has 1 heterocycles. The highest BCUT2D eigenvalue weighted by Gasteiger charge is 2.36. The summed E-state index contributed by atoms with van der Waals surface area (Å²) in [7, 11) is 0. The van der Waals surface area contributed by atoms with Crippen molar-refractivity contribution in [3.05, 3.63) is 35.4 Å². The molecule has 6 heteroatoms. The Labute approximate surface area is 128 Å². The van der Waals surface area contributed by atoms with Gasteiger partial charge in [0.1, 0.15) is 0 Å². The minimum Gasteiger partial charge on any atom is -0.356 e. The normalized spacial score (nSPS) is 21.8. The number of alkyl halides is 3. The van der Waals surface area contributed by atoms with Crippen molar-refractivity contribution in [3.8, 4) is 0 Å². The van der Waals surface area contributed by atoms with Gasteiger partial charge < -0.3 is 10.6 Å². The summed E-state index contributed by atoms with van der Waals surface area (Å²) in [5, 5.41) is 5.98. The summed E-state index contributed by atoms with van der Waals surface area (Å²) >= 11 is 0. The molecule has 1 aliphatic rings. The minimum absolute atomic E-state index is 0.0825. The van der Waals surface area contributed by atoms with Crippen LogP contribution >= 0.6 is 0 Å². The molecule has 1 aromatic rings. The Morgan fingerprint density at radius 2 is 2.14 bits per heavy atom. The highest BCUT2D eigenvalue weighted by molar-refractivity contribution is 5.80. The zero-order valence-corrected chi connectivity index (χ0v) is 12.5. The lowest BCUT2D eigenvalue weighted by atomic mass is 9.87. The first kappa shape index (κ1) is 16.8. The van der Waals surface area contributed by atoms with E-state index in [9.17, 15) is 18.0 Å². The van der Waals surface area contributed by atoms with Gasteiger partial charge in [0.15, 0.2) is 0 Å². The van der Waals surface area contributed by atoms with E-state index in [1.807, 2.05) is 6.92 Å². The molecule has 2 N–H and O–H groups in total. The average Bonchev–Trinajstić information content (AvgIpc) is 2.96. The van der Waals surface area contributed by atoms with Crippen molar-refractivity contribution in [1.82, 2.24) is 10.6 Å². The smallest absolute Gasteiger partial charge is 0.356 e. The van der Waals surface area contributed by atoms with Gasteiger partial charge in [-0.3, -0.25) is 4.79 Å². The number of benzene rings is 1. The van der Waals surface area contributed by atoms with Crippen LogP contribution in [0.5, 0.6) is 0 Å². The number of halogens is 3. The van der Waals surface area contributed by atoms with Crippen LogP contribution in [0.4, 0.5) is 13.2 Å². The second kappa shape index (κ2) is 7.13. The van der Waals surface area contributed by atoms with E-state index in [0.717, 1.165) is 25.0 Å². The predicted octanol–water partition coefficient (Wildman–Crippen LogP) is 2.92. The number of hydrogen-bond donors (Lipinski definition) is 2. The van der Waals surface area contributed by atoms with Crippen molar-refractivity contribution in [1.29, 1.82) is 0 Å². The Morgan fingerprint density at radius 1 is 1.36 bits per heavy atom. The van der Waals surface area contributed by atoms with Gasteiger partial charge in [-0.1, -0.05) is 31.5 Å². The molecule has 1 fully saturated rings. The first-order valence-electron chi connectivity index (χ1n) is 7.59. The van der Waals surface area contributed by atoms with Crippen LogP contribution in [0, 0.1) is 5.92 Å². The van der Waals surface area contributed by atoms with Crippen LogP contribution in [0.1, 0.15) is 36.8 Å². The Kier molecular flexibility index (Phi) is 5.45. The maximum absolute atomic E-state index is 12.8. The maximum Gasteiger partial charge on any atom is 0.416 e. The van der Waals surface area contributed by atoms with Crippen molar-refractivity contribution in [2.75, 3.05) is 19.6 Å². The van der Waals surface area contributed by atoms with Crippen molar-refractivity contribution in [2.45, 2.75) is 31.9 Å². The lowest BCUT2D eigenvalue weighted by Crippen LogP contribution is -2.34. The molecule has 0 radical (unpaired) electrons. The van der Waals surface area contributed by atoms with Crippen LogP contribution in [0.2, 0.25) is 0 Å². The molecule has 22 heavy (non-hydrogen) atoms. The second-order valence-electron chi connectivity index (χ2n) is 5.64. The van der Waals surface area contributed by atoms with Crippen molar-refractivity contribution in [2.24, 2.45) is 5.92 Å². The molecule has 0 aromatic heterocycles. The van der Waals surface area contributed by atoms with Gasteiger partial charge in [-0.05, 0) is 18.1 Å². The predicted molar refractivity (Wildman–Crippen MR) is 78.5 cm³/mol. The highest BCUT2D eigenvalue weighted by Crippen LogP contribution is 2.34. The first-order valence-corrected chi connectivity index (χ1v) is 7.59. The second-order valence-corrected chi connectivity index (χ2v) is 5.64. The fourth-order valence-electron chi connectivity index (χ4n) is 2.77. The summed E-state index contributed by atoms with van der Waals surface area (Å²) in [6, 6.07) is 5.29. The number of carbonyl (C=O) groups excluding carboxylic acids is 1. The molecule has 0 spiro atoms. The summed E-state index contributed by atoms with van der Waals surface area (Å²) in [5.41, 5.74) is -0.0995. The van der Waals surface area contributed by atoms with E-state index >= 15 is 0 Å². The Bertz CT molecular complexity index is 516. The minimum atomic E-state index is -4.36. The zero-order chi connectivity index (χ0) is 16.2. The van der Waals surface area contributed by atoms with Gasteiger partial charge in [-0.25, -0.2) is 0 Å². The third-order valence-electron chi connectivity index (χ3n) is 4.02. The molecule has 1 amide bonds. The number of unbranched alkanes of at least 4 members (excludes halogenated alkanes) is 1. The SMILES string of the molecule is CCCCNC(=O)C1CNCC1c1cccc(C(F)(F)F)c1. The van der Waals surface area contributed by atoms with Gasteiger partial charge >= 0.3 is 6.18 Å². The van der Waals surface area contributed by atoms with E-state index in [1.54, 1.807) is 6.07 Å². The third kappa shape index (κ3) is 4.00.